The lowest BCUT2D eigenvalue weighted by molar-refractivity contribution is -0.0289. The second-order valence-corrected chi connectivity index (χ2v) is 7.23. The number of hydrogen-bond acceptors (Lipinski definition) is 6. The summed E-state index contributed by atoms with van der Waals surface area (Å²) < 4.78 is 10.4. The number of carbonyl (C=O) groups excluding carboxylic acids is 2. The maximum Gasteiger partial charge on any atom is 0.407 e. The lowest BCUT2D eigenvalue weighted by Crippen LogP contribution is -2.59. The third-order valence-corrected chi connectivity index (χ3v) is 4.95. The standard InChI is InChI=1S/C22H26N2O6/c25-19-11-17(23-21(27)29-13-15-7-3-1-4-8-15)18(12-20(19)26)24-22(28)30-14-16-9-5-2-6-10-16/h1-10,17-20,25-26H,11-14H2,(H,23,27)(H,24,28)/t17-,18+,19+,20-. The molecule has 1 saturated carbocycles. The second kappa shape index (κ2) is 10.6. The van der Waals surface area contributed by atoms with Crippen molar-refractivity contribution in [3.05, 3.63) is 71.8 Å². The zero-order chi connectivity index (χ0) is 21.3. The first-order valence-electron chi connectivity index (χ1n) is 9.82. The molecule has 160 valence electrons. The van der Waals surface area contributed by atoms with E-state index in [0.717, 1.165) is 11.1 Å². The fraction of sp³-hybridized carbons (Fsp3) is 0.364. The van der Waals surface area contributed by atoms with Gasteiger partial charge in [0.15, 0.2) is 0 Å². The number of ether oxygens (including phenoxy) is 2. The average molecular weight is 414 g/mol. The van der Waals surface area contributed by atoms with Crippen LogP contribution in [0.5, 0.6) is 0 Å². The molecule has 30 heavy (non-hydrogen) atoms. The molecule has 0 bridgehead atoms. The maximum absolute atomic E-state index is 12.2. The molecule has 3 rings (SSSR count). The highest BCUT2D eigenvalue weighted by Gasteiger charge is 2.37. The van der Waals surface area contributed by atoms with Crippen LogP contribution < -0.4 is 10.6 Å². The predicted octanol–water partition coefficient (Wildman–Crippen LogP) is 2.09. The van der Waals surface area contributed by atoms with Gasteiger partial charge in [-0.2, -0.15) is 0 Å². The number of nitrogens with one attached hydrogen (secondary N) is 2. The lowest BCUT2D eigenvalue weighted by Gasteiger charge is -2.37. The Kier molecular flexibility index (Phi) is 7.64. The summed E-state index contributed by atoms with van der Waals surface area (Å²) in [5.41, 5.74) is 1.68. The Morgan fingerprint density at radius 1 is 0.733 bits per heavy atom. The minimum Gasteiger partial charge on any atom is -0.445 e. The Hall–Kier alpha value is -3.10. The van der Waals surface area contributed by atoms with Crippen molar-refractivity contribution in [1.29, 1.82) is 0 Å². The molecule has 0 aliphatic heterocycles. The average Bonchev–Trinajstić information content (AvgIpc) is 2.76. The summed E-state index contributed by atoms with van der Waals surface area (Å²) >= 11 is 0. The van der Waals surface area contributed by atoms with Crippen LogP contribution in [0.2, 0.25) is 0 Å². The van der Waals surface area contributed by atoms with Crippen molar-refractivity contribution in [2.75, 3.05) is 0 Å². The third-order valence-electron chi connectivity index (χ3n) is 4.95. The van der Waals surface area contributed by atoms with Gasteiger partial charge in [-0.15, -0.1) is 0 Å². The van der Waals surface area contributed by atoms with E-state index in [1.165, 1.54) is 0 Å². The van der Waals surface area contributed by atoms with Crippen molar-refractivity contribution < 1.29 is 29.3 Å². The molecule has 0 radical (unpaired) electrons. The van der Waals surface area contributed by atoms with Crippen LogP contribution >= 0.6 is 0 Å². The van der Waals surface area contributed by atoms with Gasteiger partial charge in [0.25, 0.3) is 0 Å². The Labute approximate surface area is 174 Å². The minimum atomic E-state index is -1.01. The molecule has 0 unspecified atom stereocenters. The van der Waals surface area contributed by atoms with Gasteiger partial charge >= 0.3 is 12.2 Å². The molecular weight excluding hydrogens is 388 g/mol. The van der Waals surface area contributed by atoms with Crippen LogP contribution in [-0.4, -0.2) is 46.7 Å². The zero-order valence-corrected chi connectivity index (χ0v) is 16.4. The first-order valence-corrected chi connectivity index (χ1v) is 9.82. The van der Waals surface area contributed by atoms with E-state index in [1.54, 1.807) is 0 Å². The van der Waals surface area contributed by atoms with Crippen molar-refractivity contribution in [1.82, 2.24) is 10.6 Å². The minimum absolute atomic E-state index is 0.0746. The van der Waals surface area contributed by atoms with Crippen molar-refractivity contribution in [2.24, 2.45) is 0 Å². The van der Waals surface area contributed by atoms with Crippen LogP contribution in [0, 0.1) is 0 Å². The highest BCUT2D eigenvalue weighted by molar-refractivity contribution is 5.69. The van der Waals surface area contributed by atoms with Gasteiger partial charge in [0.2, 0.25) is 0 Å². The molecular formula is C22H26N2O6. The molecule has 2 amide bonds. The van der Waals surface area contributed by atoms with Gasteiger partial charge in [0.05, 0.1) is 24.3 Å². The van der Waals surface area contributed by atoms with Gasteiger partial charge in [-0.05, 0) is 24.0 Å². The molecule has 4 atom stereocenters. The van der Waals surface area contributed by atoms with Crippen molar-refractivity contribution in [3.8, 4) is 0 Å². The first kappa shape index (κ1) is 21.6. The Bertz CT molecular complexity index is 747. The molecule has 0 saturated heterocycles. The molecule has 1 fully saturated rings. The Balaban J connectivity index is 1.52. The summed E-state index contributed by atoms with van der Waals surface area (Å²) in [5.74, 6) is 0. The topological polar surface area (TPSA) is 117 Å². The number of benzene rings is 2. The monoisotopic (exact) mass is 414 g/mol. The molecule has 8 nitrogen and oxygen atoms in total. The smallest absolute Gasteiger partial charge is 0.407 e. The normalized spacial score (nSPS) is 23.3. The van der Waals surface area contributed by atoms with Crippen LogP contribution in [0.4, 0.5) is 9.59 Å². The van der Waals surface area contributed by atoms with E-state index < -0.39 is 36.5 Å². The summed E-state index contributed by atoms with van der Waals surface area (Å²) in [5, 5.41) is 25.3. The van der Waals surface area contributed by atoms with Crippen LogP contribution in [-0.2, 0) is 22.7 Å². The fourth-order valence-corrected chi connectivity index (χ4v) is 3.31. The number of hydrogen-bond donors (Lipinski definition) is 4. The quantitative estimate of drug-likeness (QED) is 0.575. The largest absolute Gasteiger partial charge is 0.445 e. The molecule has 1 aliphatic rings. The first-order chi connectivity index (χ1) is 14.5. The highest BCUT2D eigenvalue weighted by Crippen LogP contribution is 2.21. The summed E-state index contributed by atoms with van der Waals surface area (Å²) in [7, 11) is 0. The molecule has 2 aromatic rings. The lowest BCUT2D eigenvalue weighted by atomic mass is 9.86. The van der Waals surface area contributed by atoms with Gasteiger partial charge in [0, 0.05) is 0 Å². The van der Waals surface area contributed by atoms with E-state index in [9.17, 15) is 19.8 Å². The summed E-state index contributed by atoms with van der Waals surface area (Å²) in [6.45, 7) is 0.198. The van der Waals surface area contributed by atoms with E-state index >= 15 is 0 Å². The highest BCUT2D eigenvalue weighted by atomic mass is 16.6. The maximum atomic E-state index is 12.2. The summed E-state index contributed by atoms with van der Waals surface area (Å²) in [4.78, 5) is 24.4. The summed E-state index contributed by atoms with van der Waals surface area (Å²) in [6.07, 6.45) is -3.21. The molecule has 0 spiro atoms. The number of aliphatic hydroxyl groups is 2. The molecule has 1 aliphatic carbocycles. The Morgan fingerprint density at radius 3 is 1.47 bits per heavy atom. The summed E-state index contributed by atoms with van der Waals surface area (Å²) in [6, 6.07) is 17.2. The number of rotatable bonds is 6. The number of aliphatic hydroxyl groups excluding tert-OH is 2. The zero-order valence-electron chi connectivity index (χ0n) is 16.4. The van der Waals surface area contributed by atoms with Crippen molar-refractivity contribution >= 4 is 12.2 Å². The van der Waals surface area contributed by atoms with Gasteiger partial charge in [0.1, 0.15) is 13.2 Å². The van der Waals surface area contributed by atoms with Crippen molar-refractivity contribution in [2.45, 2.75) is 50.3 Å². The molecule has 4 N–H and O–H groups in total. The number of alkyl carbamates (subject to hydrolysis) is 2. The number of amides is 2. The SMILES string of the molecule is O=C(N[C@H]1C[C@@H](O)[C@@H](O)C[C@H]1NC(=O)OCc1ccccc1)OCc1ccccc1. The predicted molar refractivity (Wildman–Crippen MR) is 108 cm³/mol. The molecule has 2 aromatic carbocycles. The van der Waals surface area contributed by atoms with Crippen LogP contribution in [0.3, 0.4) is 0 Å². The van der Waals surface area contributed by atoms with Gasteiger partial charge in [-0.25, -0.2) is 9.59 Å². The van der Waals surface area contributed by atoms with Gasteiger partial charge in [-0.3, -0.25) is 0 Å². The van der Waals surface area contributed by atoms with E-state index in [4.69, 9.17) is 9.47 Å². The number of carbonyl (C=O) groups is 2. The fourth-order valence-electron chi connectivity index (χ4n) is 3.31. The Morgan fingerprint density at radius 2 is 1.10 bits per heavy atom. The molecule has 8 heteroatoms. The van der Waals surface area contributed by atoms with E-state index in [1.807, 2.05) is 60.7 Å². The molecule has 0 aromatic heterocycles. The van der Waals surface area contributed by atoms with E-state index in [-0.39, 0.29) is 26.1 Å². The van der Waals surface area contributed by atoms with Gasteiger partial charge < -0.3 is 30.3 Å². The third kappa shape index (κ3) is 6.47. The van der Waals surface area contributed by atoms with E-state index in [2.05, 4.69) is 10.6 Å². The van der Waals surface area contributed by atoms with Gasteiger partial charge in [-0.1, -0.05) is 60.7 Å². The molecule has 0 heterocycles. The van der Waals surface area contributed by atoms with E-state index in [0.29, 0.717) is 0 Å². The second-order valence-electron chi connectivity index (χ2n) is 7.23. The van der Waals surface area contributed by atoms with Crippen LogP contribution in [0.15, 0.2) is 60.7 Å². The van der Waals surface area contributed by atoms with Crippen LogP contribution in [0.25, 0.3) is 0 Å². The van der Waals surface area contributed by atoms with Crippen LogP contribution in [0.1, 0.15) is 24.0 Å². The van der Waals surface area contributed by atoms with Crippen molar-refractivity contribution in [3.63, 3.8) is 0 Å².